The molecule has 5 nitrogen and oxygen atoms in total. The van der Waals surface area contributed by atoms with Crippen molar-refractivity contribution in [2.75, 3.05) is 11.4 Å². The molecule has 1 aromatic heterocycles. The van der Waals surface area contributed by atoms with Gasteiger partial charge in [-0.05, 0) is 37.1 Å². The molecule has 0 atom stereocenters. The molecule has 24 heavy (non-hydrogen) atoms. The summed E-state index contributed by atoms with van der Waals surface area (Å²) in [6.07, 6.45) is 0. The molecule has 3 rings (SSSR count). The fourth-order valence-corrected chi connectivity index (χ4v) is 4.22. The molecule has 0 aliphatic heterocycles. The van der Waals surface area contributed by atoms with Gasteiger partial charge in [0.2, 0.25) is 0 Å². The van der Waals surface area contributed by atoms with E-state index in [0.717, 1.165) is 11.1 Å². The molecule has 0 aliphatic carbocycles. The molecule has 2 aromatic carbocycles. The number of aromatic amines is 1. The number of anilines is 1. The molecule has 6 heteroatoms. The standard InChI is InChI=1S/C18H19N3O2S/c1-13-18(14(2)20-19-13)24(22,23)21(3)17-11-9-16(10-12-17)15-7-5-4-6-8-15/h4-12H,1-3H3,(H,19,20). The molecule has 0 bridgehead atoms. The summed E-state index contributed by atoms with van der Waals surface area (Å²) in [5, 5.41) is 6.71. The van der Waals surface area contributed by atoms with Crippen molar-refractivity contribution in [1.82, 2.24) is 10.2 Å². The van der Waals surface area contributed by atoms with E-state index in [0.29, 0.717) is 17.1 Å². The SMILES string of the molecule is Cc1n[nH]c(C)c1S(=O)(=O)N(C)c1ccc(-c2ccccc2)cc1. The lowest BCUT2D eigenvalue weighted by atomic mass is 10.1. The third-order valence-electron chi connectivity index (χ3n) is 4.02. The summed E-state index contributed by atoms with van der Waals surface area (Å²) in [6.45, 7) is 3.39. The van der Waals surface area contributed by atoms with Crippen molar-refractivity contribution >= 4 is 15.7 Å². The first-order chi connectivity index (χ1) is 11.4. The number of nitrogens with one attached hydrogen (secondary N) is 1. The molecule has 0 unspecified atom stereocenters. The Morgan fingerprint density at radius 1 is 0.917 bits per heavy atom. The van der Waals surface area contributed by atoms with Crippen LogP contribution in [0.1, 0.15) is 11.4 Å². The molecule has 0 saturated heterocycles. The summed E-state index contributed by atoms with van der Waals surface area (Å²) in [6, 6.07) is 17.4. The monoisotopic (exact) mass is 341 g/mol. The number of hydrogen-bond donors (Lipinski definition) is 1. The van der Waals surface area contributed by atoms with Crippen molar-refractivity contribution in [3.8, 4) is 11.1 Å². The number of sulfonamides is 1. The minimum Gasteiger partial charge on any atom is -0.281 e. The van der Waals surface area contributed by atoms with Crippen LogP contribution in [0.5, 0.6) is 0 Å². The lowest BCUT2D eigenvalue weighted by Gasteiger charge is -2.20. The van der Waals surface area contributed by atoms with Gasteiger partial charge in [0.1, 0.15) is 4.90 Å². The second kappa shape index (κ2) is 6.13. The molecular formula is C18H19N3O2S. The van der Waals surface area contributed by atoms with Gasteiger partial charge in [0.05, 0.1) is 17.1 Å². The highest BCUT2D eigenvalue weighted by molar-refractivity contribution is 7.92. The zero-order valence-corrected chi connectivity index (χ0v) is 14.6. The summed E-state index contributed by atoms with van der Waals surface area (Å²) >= 11 is 0. The second-order valence-electron chi connectivity index (χ2n) is 5.65. The summed E-state index contributed by atoms with van der Waals surface area (Å²) in [5.74, 6) is 0. The predicted molar refractivity (Wildman–Crippen MR) is 95.5 cm³/mol. The van der Waals surface area contributed by atoms with Crippen LogP contribution >= 0.6 is 0 Å². The van der Waals surface area contributed by atoms with E-state index in [1.807, 2.05) is 54.6 Å². The molecule has 124 valence electrons. The van der Waals surface area contributed by atoms with Crippen LogP contribution in [-0.4, -0.2) is 25.7 Å². The van der Waals surface area contributed by atoms with Crippen LogP contribution in [0.25, 0.3) is 11.1 Å². The zero-order chi connectivity index (χ0) is 17.3. The van der Waals surface area contributed by atoms with Gasteiger partial charge < -0.3 is 0 Å². The van der Waals surface area contributed by atoms with Crippen molar-refractivity contribution in [3.05, 3.63) is 66.0 Å². The Kier molecular flexibility index (Phi) is 4.15. The molecular weight excluding hydrogens is 322 g/mol. The number of aryl methyl sites for hydroxylation is 2. The van der Waals surface area contributed by atoms with Gasteiger partial charge in [-0.25, -0.2) is 8.42 Å². The molecule has 1 heterocycles. The summed E-state index contributed by atoms with van der Waals surface area (Å²) in [5.41, 5.74) is 3.76. The minimum absolute atomic E-state index is 0.233. The van der Waals surface area contributed by atoms with Crippen molar-refractivity contribution in [1.29, 1.82) is 0 Å². The molecule has 3 aromatic rings. The van der Waals surface area contributed by atoms with Gasteiger partial charge in [0.25, 0.3) is 10.0 Å². The number of rotatable bonds is 4. The predicted octanol–water partition coefficient (Wildman–Crippen LogP) is 3.52. The fraction of sp³-hybridized carbons (Fsp3) is 0.167. The Hall–Kier alpha value is -2.60. The highest BCUT2D eigenvalue weighted by Gasteiger charge is 2.27. The Bertz CT molecular complexity index is 926. The Labute approximate surface area is 142 Å². The van der Waals surface area contributed by atoms with E-state index < -0.39 is 10.0 Å². The van der Waals surface area contributed by atoms with Gasteiger partial charge in [-0.3, -0.25) is 9.40 Å². The molecule has 0 amide bonds. The van der Waals surface area contributed by atoms with E-state index in [9.17, 15) is 8.42 Å². The zero-order valence-electron chi connectivity index (χ0n) is 13.8. The number of H-pyrrole nitrogens is 1. The smallest absolute Gasteiger partial charge is 0.267 e. The van der Waals surface area contributed by atoms with Crippen LogP contribution in [-0.2, 0) is 10.0 Å². The van der Waals surface area contributed by atoms with Gasteiger partial charge in [0, 0.05) is 7.05 Å². The quantitative estimate of drug-likeness (QED) is 0.789. The number of nitrogens with zero attached hydrogens (tertiary/aromatic N) is 2. The number of aromatic nitrogens is 2. The van der Waals surface area contributed by atoms with Gasteiger partial charge in [0.15, 0.2) is 0 Å². The third kappa shape index (κ3) is 2.80. The maximum absolute atomic E-state index is 12.9. The van der Waals surface area contributed by atoms with E-state index in [2.05, 4.69) is 10.2 Å². The van der Waals surface area contributed by atoms with Crippen LogP contribution < -0.4 is 4.31 Å². The summed E-state index contributed by atoms with van der Waals surface area (Å²) < 4.78 is 27.0. The first kappa shape index (κ1) is 16.3. The van der Waals surface area contributed by atoms with E-state index >= 15 is 0 Å². The van der Waals surface area contributed by atoms with E-state index in [1.165, 1.54) is 4.31 Å². The van der Waals surface area contributed by atoms with Crippen molar-refractivity contribution in [2.45, 2.75) is 18.7 Å². The third-order valence-corrected chi connectivity index (χ3v) is 6.07. The largest absolute Gasteiger partial charge is 0.281 e. The average Bonchev–Trinajstić information content (AvgIpc) is 2.94. The summed E-state index contributed by atoms with van der Waals surface area (Å²) in [7, 11) is -2.09. The summed E-state index contributed by atoms with van der Waals surface area (Å²) in [4.78, 5) is 0.233. The Morgan fingerprint density at radius 3 is 2.04 bits per heavy atom. The van der Waals surface area contributed by atoms with Crippen LogP contribution in [0.15, 0.2) is 59.5 Å². The molecule has 0 spiro atoms. The van der Waals surface area contributed by atoms with Gasteiger partial charge in [-0.1, -0.05) is 42.5 Å². The lowest BCUT2D eigenvalue weighted by molar-refractivity contribution is 0.593. The maximum atomic E-state index is 12.9. The second-order valence-corrected chi connectivity index (χ2v) is 7.55. The average molecular weight is 341 g/mol. The van der Waals surface area contributed by atoms with Gasteiger partial charge >= 0.3 is 0 Å². The molecule has 0 radical (unpaired) electrons. The number of benzene rings is 2. The van der Waals surface area contributed by atoms with Crippen molar-refractivity contribution in [2.24, 2.45) is 0 Å². The number of hydrogen-bond acceptors (Lipinski definition) is 3. The molecule has 1 N–H and O–H groups in total. The van der Waals surface area contributed by atoms with Crippen molar-refractivity contribution in [3.63, 3.8) is 0 Å². The normalized spacial score (nSPS) is 11.5. The van der Waals surface area contributed by atoms with Crippen LogP contribution in [0.4, 0.5) is 5.69 Å². The minimum atomic E-state index is -3.65. The maximum Gasteiger partial charge on any atom is 0.267 e. The Balaban J connectivity index is 1.95. The first-order valence-electron chi connectivity index (χ1n) is 7.57. The highest BCUT2D eigenvalue weighted by atomic mass is 32.2. The van der Waals surface area contributed by atoms with E-state index in [4.69, 9.17) is 0 Å². The van der Waals surface area contributed by atoms with Crippen LogP contribution in [0.3, 0.4) is 0 Å². The topological polar surface area (TPSA) is 66.1 Å². The van der Waals surface area contributed by atoms with Gasteiger partial charge in [-0.2, -0.15) is 5.10 Å². The fourth-order valence-electron chi connectivity index (χ4n) is 2.69. The van der Waals surface area contributed by atoms with Crippen LogP contribution in [0.2, 0.25) is 0 Å². The molecule has 0 saturated carbocycles. The van der Waals surface area contributed by atoms with Crippen molar-refractivity contribution < 1.29 is 8.42 Å². The highest BCUT2D eigenvalue weighted by Crippen LogP contribution is 2.27. The first-order valence-corrected chi connectivity index (χ1v) is 9.01. The molecule has 0 fully saturated rings. The Morgan fingerprint density at radius 2 is 1.50 bits per heavy atom. The van der Waals surface area contributed by atoms with E-state index in [-0.39, 0.29) is 4.90 Å². The van der Waals surface area contributed by atoms with E-state index in [1.54, 1.807) is 20.9 Å². The van der Waals surface area contributed by atoms with Gasteiger partial charge in [-0.15, -0.1) is 0 Å². The lowest BCUT2D eigenvalue weighted by Crippen LogP contribution is -2.27. The van der Waals surface area contributed by atoms with Crippen LogP contribution in [0, 0.1) is 13.8 Å². The molecule has 0 aliphatic rings.